The highest BCUT2D eigenvalue weighted by atomic mass is 19.1. The first-order valence-corrected chi connectivity index (χ1v) is 10.1. The predicted octanol–water partition coefficient (Wildman–Crippen LogP) is 3.29. The van der Waals surface area contributed by atoms with Crippen LogP contribution >= 0.6 is 0 Å². The molecule has 1 aromatic carbocycles. The molecule has 154 valence electrons. The first-order chi connectivity index (χ1) is 14.5. The number of halogens is 2. The molecule has 1 spiro atoms. The van der Waals surface area contributed by atoms with Crippen LogP contribution in [0.1, 0.15) is 42.9 Å². The van der Waals surface area contributed by atoms with Gasteiger partial charge in [-0.25, -0.2) is 13.8 Å². The van der Waals surface area contributed by atoms with Crippen LogP contribution in [0.15, 0.2) is 36.5 Å². The molecule has 3 aliphatic rings. The summed E-state index contributed by atoms with van der Waals surface area (Å²) in [7, 11) is 0. The topological polar surface area (TPSA) is 69.5 Å². The SMILES string of the molecule is N#Cc1ccc(N2CCC3(CC2)O[C@@H]2CC[C@@H](c4cc(F)cc(F)c4)N2C3=O)nc1. The van der Waals surface area contributed by atoms with Crippen molar-refractivity contribution in [2.75, 3.05) is 18.0 Å². The second-order valence-electron chi connectivity index (χ2n) is 8.08. The molecule has 5 rings (SSSR count). The third kappa shape index (κ3) is 3.01. The fraction of sp³-hybridized carbons (Fsp3) is 0.409. The molecule has 0 saturated carbocycles. The number of anilines is 1. The summed E-state index contributed by atoms with van der Waals surface area (Å²) in [6.45, 7) is 1.20. The van der Waals surface area contributed by atoms with E-state index >= 15 is 0 Å². The van der Waals surface area contributed by atoms with E-state index in [0.717, 1.165) is 11.9 Å². The molecule has 2 aromatic rings. The Labute approximate surface area is 172 Å². The zero-order valence-electron chi connectivity index (χ0n) is 16.2. The van der Waals surface area contributed by atoms with Gasteiger partial charge in [0.25, 0.3) is 5.91 Å². The Morgan fingerprint density at radius 1 is 1.13 bits per heavy atom. The zero-order chi connectivity index (χ0) is 20.9. The average molecular weight is 410 g/mol. The number of benzene rings is 1. The van der Waals surface area contributed by atoms with Crippen molar-refractivity contribution >= 4 is 11.7 Å². The summed E-state index contributed by atoms with van der Waals surface area (Å²) in [4.78, 5) is 21.5. The molecule has 3 aliphatic heterocycles. The van der Waals surface area contributed by atoms with Gasteiger partial charge in [-0.1, -0.05) is 0 Å². The average Bonchev–Trinajstić information content (AvgIpc) is 3.26. The van der Waals surface area contributed by atoms with Crippen molar-refractivity contribution < 1.29 is 18.3 Å². The lowest BCUT2D eigenvalue weighted by atomic mass is 9.89. The second kappa shape index (κ2) is 7.03. The van der Waals surface area contributed by atoms with Crippen molar-refractivity contribution in [3.05, 3.63) is 59.3 Å². The lowest BCUT2D eigenvalue weighted by Crippen LogP contribution is -2.50. The minimum Gasteiger partial charge on any atom is -0.356 e. The summed E-state index contributed by atoms with van der Waals surface area (Å²) < 4.78 is 33.7. The number of aromatic nitrogens is 1. The number of fused-ring (bicyclic) bond motifs is 1. The Balaban J connectivity index is 1.33. The molecule has 2 atom stereocenters. The highest BCUT2D eigenvalue weighted by Gasteiger charge is 2.58. The van der Waals surface area contributed by atoms with Crippen LogP contribution in [-0.2, 0) is 9.53 Å². The molecular weight excluding hydrogens is 390 g/mol. The quantitative estimate of drug-likeness (QED) is 0.760. The second-order valence-corrected chi connectivity index (χ2v) is 8.08. The van der Waals surface area contributed by atoms with E-state index in [1.807, 2.05) is 0 Å². The minimum atomic E-state index is -0.891. The number of pyridine rings is 1. The van der Waals surface area contributed by atoms with Gasteiger partial charge in [0.1, 0.15) is 29.7 Å². The van der Waals surface area contributed by atoms with Crippen LogP contribution in [0.25, 0.3) is 0 Å². The Hall–Kier alpha value is -3.05. The lowest BCUT2D eigenvalue weighted by molar-refractivity contribution is -0.140. The molecule has 0 bridgehead atoms. The van der Waals surface area contributed by atoms with Gasteiger partial charge in [0.15, 0.2) is 5.60 Å². The maximum Gasteiger partial charge on any atom is 0.257 e. The van der Waals surface area contributed by atoms with E-state index < -0.39 is 17.2 Å². The number of piperidine rings is 1. The molecule has 4 heterocycles. The van der Waals surface area contributed by atoms with E-state index in [9.17, 15) is 13.6 Å². The Kier molecular flexibility index (Phi) is 4.44. The Morgan fingerprint density at radius 3 is 2.50 bits per heavy atom. The molecule has 30 heavy (non-hydrogen) atoms. The van der Waals surface area contributed by atoms with Crippen molar-refractivity contribution in [1.29, 1.82) is 5.26 Å². The summed E-state index contributed by atoms with van der Waals surface area (Å²) >= 11 is 0. The lowest BCUT2D eigenvalue weighted by Gasteiger charge is -2.38. The van der Waals surface area contributed by atoms with Gasteiger partial charge in [0.05, 0.1) is 11.6 Å². The first kappa shape index (κ1) is 18.9. The number of carbonyl (C=O) groups excluding carboxylic acids is 1. The maximum atomic E-state index is 13.7. The van der Waals surface area contributed by atoms with Crippen molar-refractivity contribution in [3.8, 4) is 6.07 Å². The molecule has 1 amide bonds. The summed E-state index contributed by atoms with van der Waals surface area (Å²) in [6.07, 6.45) is 3.49. The first-order valence-electron chi connectivity index (χ1n) is 10.1. The van der Waals surface area contributed by atoms with Crippen LogP contribution < -0.4 is 4.90 Å². The van der Waals surface area contributed by atoms with Crippen molar-refractivity contribution in [2.45, 2.75) is 43.6 Å². The number of nitriles is 1. The molecule has 6 nitrogen and oxygen atoms in total. The number of nitrogens with zero attached hydrogens (tertiary/aromatic N) is 4. The summed E-state index contributed by atoms with van der Waals surface area (Å²) in [5, 5.41) is 8.92. The van der Waals surface area contributed by atoms with E-state index in [0.29, 0.717) is 49.9 Å². The number of hydrogen-bond acceptors (Lipinski definition) is 5. The molecule has 0 aliphatic carbocycles. The largest absolute Gasteiger partial charge is 0.356 e. The van der Waals surface area contributed by atoms with E-state index in [2.05, 4.69) is 16.0 Å². The molecule has 0 N–H and O–H groups in total. The standard InChI is InChI=1S/C22H20F2N4O2/c23-16-9-15(10-17(24)11-16)18-2-4-20-28(18)21(29)22(30-20)5-7-27(8-6-22)19-3-1-14(12-25)13-26-19/h1,3,9-11,13,18,20H,2,4-8H2/t18-,20+/m0/s1. The van der Waals surface area contributed by atoms with E-state index in [-0.39, 0.29) is 18.2 Å². The van der Waals surface area contributed by atoms with E-state index in [1.54, 1.807) is 17.0 Å². The molecule has 3 saturated heterocycles. The maximum absolute atomic E-state index is 13.7. The summed E-state index contributed by atoms with van der Waals surface area (Å²) in [5.41, 5.74) is 0.0865. The van der Waals surface area contributed by atoms with E-state index in [1.165, 1.54) is 18.3 Å². The van der Waals surface area contributed by atoms with Gasteiger partial charge in [0, 0.05) is 38.2 Å². The van der Waals surface area contributed by atoms with Gasteiger partial charge >= 0.3 is 0 Å². The fourth-order valence-corrected chi connectivity index (χ4v) is 4.88. The van der Waals surface area contributed by atoms with Gasteiger partial charge < -0.3 is 14.5 Å². The van der Waals surface area contributed by atoms with Gasteiger partial charge in [-0.05, 0) is 42.7 Å². The third-order valence-corrected chi connectivity index (χ3v) is 6.36. The van der Waals surface area contributed by atoms with Crippen molar-refractivity contribution in [1.82, 2.24) is 9.88 Å². The Bertz CT molecular complexity index is 1010. The summed E-state index contributed by atoms with van der Waals surface area (Å²) in [6, 6.07) is 8.65. The highest BCUT2D eigenvalue weighted by molar-refractivity contribution is 5.88. The fourth-order valence-electron chi connectivity index (χ4n) is 4.88. The van der Waals surface area contributed by atoms with Crippen LogP contribution in [0.4, 0.5) is 14.6 Å². The van der Waals surface area contributed by atoms with Crippen LogP contribution in [-0.4, -0.2) is 40.7 Å². The number of rotatable bonds is 2. The number of hydrogen-bond donors (Lipinski definition) is 0. The van der Waals surface area contributed by atoms with Gasteiger partial charge in [0.2, 0.25) is 0 Å². The number of ether oxygens (including phenoxy) is 1. The smallest absolute Gasteiger partial charge is 0.257 e. The summed E-state index contributed by atoms with van der Waals surface area (Å²) in [5.74, 6) is -0.604. The van der Waals surface area contributed by atoms with Gasteiger partial charge in [-0.15, -0.1) is 0 Å². The number of amides is 1. The van der Waals surface area contributed by atoms with Crippen molar-refractivity contribution in [3.63, 3.8) is 0 Å². The molecule has 0 radical (unpaired) electrons. The highest BCUT2D eigenvalue weighted by Crippen LogP contribution is 2.48. The third-order valence-electron chi connectivity index (χ3n) is 6.36. The normalized spacial score (nSPS) is 24.9. The van der Waals surface area contributed by atoms with Crippen LogP contribution in [0.5, 0.6) is 0 Å². The van der Waals surface area contributed by atoms with Crippen LogP contribution in [0.3, 0.4) is 0 Å². The van der Waals surface area contributed by atoms with Crippen molar-refractivity contribution in [2.24, 2.45) is 0 Å². The predicted molar refractivity (Wildman–Crippen MR) is 103 cm³/mol. The van der Waals surface area contributed by atoms with E-state index in [4.69, 9.17) is 10.00 Å². The van der Waals surface area contributed by atoms with Crippen LogP contribution in [0, 0.1) is 23.0 Å². The molecule has 0 unspecified atom stereocenters. The zero-order valence-corrected chi connectivity index (χ0v) is 16.2. The van der Waals surface area contributed by atoms with Gasteiger partial charge in [-0.3, -0.25) is 4.79 Å². The molecular formula is C22H20F2N4O2. The molecule has 8 heteroatoms. The number of carbonyl (C=O) groups is 1. The molecule has 3 fully saturated rings. The van der Waals surface area contributed by atoms with Gasteiger partial charge in [-0.2, -0.15) is 5.26 Å². The monoisotopic (exact) mass is 410 g/mol. The Morgan fingerprint density at radius 2 is 1.87 bits per heavy atom. The van der Waals surface area contributed by atoms with Crippen LogP contribution in [0.2, 0.25) is 0 Å². The minimum absolute atomic E-state index is 0.0906. The molecule has 1 aromatic heterocycles.